The van der Waals surface area contributed by atoms with Gasteiger partial charge >= 0.3 is 0 Å². The first-order chi connectivity index (χ1) is 10.5. The number of nitrogens with zero attached hydrogens (tertiary/aromatic N) is 2. The van der Waals surface area contributed by atoms with Crippen molar-refractivity contribution in [1.29, 1.82) is 0 Å². The second kappa shape index (κ2) is 12.3. The molecule has 144 valence electrons. The van der Waals surface area contributed by atoms with Crippen LogP contribution in [0.15, 0.2) is 0 Å². The van der Waals surface area contributed by atoms with Crippen LogP contribution in [-0.4, -0.2) is 75.1 Å². The van der Waals surface area contributed by atoms with E-state index in [1.165, 1.54) is 32.5 Å². The third kappa shape index (κ3) is 8.34. The molecule has 0 unspecified atom stereocenters. The lowest BCUT2D eigenvalue weighted by Gasteiger charge is -2.33. The lowest BCUT2D eigenvalue weighted by atomic mass is 9.91. The number of amides is 1. The first-order valence-electron chi connectivity index (χ1n) is 8.92. The van der Waals surface area contributed by atoms with Crippen LogP contribution in [0.1, 0.15) is 32.6 Å². The summed E-state index contributed by atoms with van der Waals surface area (Å²) < 4.78 is 0. The Kier molecular flexibility index (Phi) is 12.3. The smallest absolute Gasteiger partial charge is 0.223 e. The summed E-state index contributed by atoms with van der Waals surface area (Å²) in [5.74, 6) is 1.17. The van der Waals surface area contributed by atoms with Crippen molar-refractivity contribution < 1.29 is 4.79 Å². The van der Waals surface area contributed by atoms with E-state index in [0.29, 0.717) is 12.0 Å². The monoisotopic (exact) mass is 382 g/mol. The number of hydrogen-bond acceptors (Lipinski definition) is 4. The van der Waals surface area contributed by atoms with Crippen LogP contribution in [0.3, 0.4) is 0 Å². The van der Waals surface area contributed by atoms with E-state index >= 15 is 0 Å². The summed E-state index contributed by atoms with van der Waals surface area (Å²) in [7, 11) is 4.26. The van der Waals surface area contributed by atoms with Gasteiger partial charge in [0, 0.05) is 31.6 Å². The fourth-order valence-corrected chi connectivity index (χ4v) is 3.51. The molecule has 2 aliphatic rings. The Morgan fingerprint density at radius 3 is 2.46 bits per heavy atom. The van der Waals surface area contributed by atoms with Gasteiger partial charge in [0.25, 0.3) is 0 Å². The van der Waals surface area contributed by atoms with Crippen molar-refractivity contribution in [1.82, 2.24) is 20.4 Å². The van der Waals surface area contributed by atoms with Crippen LogP contribution in [0.25, 0.3) is 0 Å². The van der Waals surface area contributed by atoms with E-state index in [1.54, 1.807) is 0 Å². The second-order valence-corrected chi connectivity index (χ2v) is 7.41. The zero-order valence-corrected chi connectivity index (χ0v) is 17.1. The van der Waals surface area contributed by atoms with Crippen molar-refractivity contribution >= 4 is 30.7 Å². The lowest BCUT2D eigenvalue weighted by molar-refractivity contribution is -0.126. The fourth-order valence-electron chi connectivity index (χ4n) is 3.51. The number of rotatable bonds is 6. The summed E-state index contributed by atoms with van der Waals surface area (Å²) in [5.41, 5.74) is 0. The highest BCUT2D eigenvalue weighted by molar-refractivity contribution is 5.85. The van der Waals surface area contributed by atoms with Gasteiger partial charge < -0.3 is 20.4 Å². The van der Waals surface area contributed by atoms with Crippen LogP contribution >= 0.6 is 24.8 Å². The molecule has 2 aliphatic heterocycles. The molecule has 0 aromatic carbocycles. The van der Waals surface area contributed by atoms with Crippen LogP contribution in [-0.2, 0) is 4.79 Å². The third-order valence-electron chi connectivity index (χ3n) is 5.13. The molecule has 2 rings (SSSR count). The van der Waals surface area contributed by atoms with Gasteiger partial charge in [0.15, 0.2) is 0 Å². The van der Waals surface area contributed by atoms with Crippen molar-refractivity contribution in [2.45, 2.75) is 38.6 Å². The maximum atomic E-state index is 12.3. The highest BCUT2D eigenvalue weighted by Crippen LogP contribution is 2.18. The minimum absolute atomic E-state index is 0. The minimum Gasteiger partial charge on any atom is -0.356 e. The van der Waals surface area contributed by atoms with Crippen LogP contribution in [0.4, 0.5) is 0 Å². The Morgan fingerprint density at radius 1 is 1.21 bits per heavy atom. The summed E-state index contributed by atoms with van der Waals surface area (Å²) in [6.45, 7) is 8.68. The minimum atomic E-state index is 0. The van der Waals surface area contributed by atoms with E-state index in [4.69, 9.17) is 0 Å². The second-order valence-electron chi connectivity index (χ2n) is 7.41. The first-order valence-corrected chi connectivity index (χ1v) is 8.92. The van der Waals surface area contributed by atoms with Crippen molar-refractivity contribution in [3.63, 3.8) is 0 Å². The van der Waals surface area contributed by atoms with E-state index in [-0.39, 0.29) is 36.6 Å². The molecule has 2 atom stereocenters. The Bertz CT molecular complexity index is 349. The molecule has 2 heterocycles. The number of nitrogens with one attached hydrogen (secondary N) is 2. The SMILES string of the molecule is C[C@H]1C[C@@H](C(=O)NCC2CCN(CCN(C)C)CC2)CCN1.Cl.Cl. The van der Waals surface area contributed by atoms with E-state index in [1.807, 2.05) is 0 Å². The van der Waals surface area contributed by atoms with Crippen molar-refractivity contribution in [3.8, 4) is 0 Å². The average Bonchev–Trinajstić information content (AvgIpc) is 2.51. The normalized spacial score (nSPS) is 25.7. The van der Waals surface area contributed by atoms with Crippen LogP contribution in [0.5, 0.6) is 0 Å². The van der Waals surface area contributed by atoms with E-state index < -0.39 is 0 Å². The number of carbonyl (C=O) groups is 1. The van der Waals surface area contributed by atoms with E-state index in [9.17, 15) is 4.79 Å². The zero-order chi connectivity index (χ0) is 15.9. The van der Waals surface area contributed by atoms with Gasteiger partial charge in [-0.1, -0.05) is 0 Å². The van der Waals surface area contributed by atoms with Crippen LogP contribution in [0.2, 0.25) is 0 Å². The van der Waals surface area contributed by atoms with Gasteiger partial charge in [-0.05, 0) is 72.3 Å². The number of piperidine rings is 2. The topological polar surface area (TPSA) is 47.6 Å². The quantitative estimate of drug-likeness (QED) is 0.732. The number of carbonyl (C=O) groups excluding carboxylic acids is 1. The van der Waals surface area contributed by atoms with Gasteiger partial charge in [0.2, 0.25) is 5.91 Å². The Morgan fingerprint density at radius 2 is 1.88 bits per heavy atom. The largest absolute Gasteiger partial charge is 0.356 e. The van der Waals surface area contributed by atoms with Gasteiger partial charge in [-0.3, -0.25) is 4.79 Å². The van der Waals surface area contributed by atoms with Gasteiger partial charge in [-0.25, -0.2) is 0 Å². The molecule has 0 spiro atoms. The molecule has 7 heteroatoms. The van der Waals surface area contributed by atoms with Crippen LogP contribution < -0.4 is 10.6 Å². The van der Waals surface area contributed by atoms with Gasteiger partial charge in [0.05, 0.1) is 0 Å². The molecule has 0 aromatic rings. The lowest BCUT2D eigenvalue weighted by Crippen LogP contribution is -2.45. The molecule has 0 aliphatic carbocycles. The zero-order valence-electron chi connectivity index (χ0n) is 15.4. The van der Waals surface area contributed by atoms with Crippen LogP contribution in [0, 0.1) is 11.8 Å². The number of halogens is 2. The van der Waals surface area contributed by atoms with E-state index in [2.05, 4.69) is 41.5 Å². The maximum Gasteiger partial charge on any atom is 0.223 e. The van der Waals surface area contributed by atoms with Gasteiger partial charge in [-0.2, -0.15) is 0 Å². The third-order valence-corrected chi connectivity index (χ3v) is 5.13. The fraction of sp³-hybridized carbons (Fsp3) is 0.941. The van der Waals surface area contributed by atoms with Crippen molar-refractivity contribution in [2.75, 3.05) is 53.4 Å². The predicted octanol–water partition coefficient (Wildman–Crippen LogP) is 1.61. The average molecular weight is 383 g/mol. The molecular weight excluding hydrogens is 347 g/mol. The standard InChI is InChI=1S/C17H34N4O.2ClH/c1-14-12-16(4-7-18-14)17(22)19-13-15-5-8-21(9-6-15)11-10-20(2)3;;/h14-16,18H,4-13H2,1-3H3,(H,19,22);2*1H/t14-,16-;;/m0../s1. The Hall–Kier alpha value is -0.0700. The summed E-state index contributed by atoms with van der Waals surface area (Å²) in [5, 5.41) is 6.62. The van der Waals surface area contributed by atoms with Gasteiger partial charge in [-0.15, -0.1) is 24.8 Å². The summed E-state index contributed by atoms with van der Waals surface area (Å²) >= 11 is 0. The highest BCUT2D eigenvalue weighted by Gasteiger charge is 2.26. The molecule has 1 amide bonds. The Labute approximate surface area is 160 Å². The summed E-state index contributed by atoms with van der Waals surface area (Å²) in [4.78, 5) is 17.1. The molecule has 2 fully saturated rings. The molecule has 2 N–H and O–H groups in total. The molecule has 0 bridgehead atoms. The number of hydrogen-bond donors (Lipinski definition) is 2. The number of likely N-dealkylation sites (N-methyl/N-ethyl adjacent to an activating group) is 1. The summed E-state index contributed by atoms with van der Waals surface area (Å²) in [6.07, 6.45) is 4.40. The molecular formula is C17H36Cl2N4O. The summed E-state index contributed by atoms with van der Waals surface area (Å²) in [6, 6.07) is 0.476. The first kappa shape index (κ1) is 23.9. The Balaban J connectivity index is 0.00000264. The molecule has 2 saturated heterocycles. The van der Waals surface area contributed by atoms with E-state index in [0.717, 1.165) is 32.5 Å². The molecule has 24 heavy (non-hydrogen) atoms. The highest BCUT2D eigenvalue weighted by atomic mass is 35.5. The van der Waals surface area contributed by atoms with Gasteiger partial charge in [0.1, 0.15) is 0 Å². The maximum absolute atomic E-state index is 12.3. The number of likely N-dealkylation sites (tertiary alicyclic amines) is 1. The molecule has 0 saturated carbocycles. The molecule has 0 radical (unpaired) electrons. The van der Waals surface area contributed by atoms with Crippen molar-refractivity contribution in [2.24, 2.45) is 11.8 Å². The van der Waals surface area contributed by atoms with Crippen molar-refractivity contribution in [3.05, 3.63) is 0 Å². The predicted molar refractivity (Wildman–Crippen MR) is 105 cm³/mol. The molecule has 0 aromatic heterocycles. The molecule has 5 nitrogen and oxygen atoms in total.